The molecule has 2 amide bonds. The van der Waals surface area contributed by atoms with E-state index < -0.39 is 18.2 Å². The first-order valence-corrected chi connectivity index (χ1v) is 8.16. The summed E-state index contributed by atoms with van der Waals surface area (Å²) in [7, 11) is 0. The molecular weight excluding hydrogens is 328 g/mol. The zero-order chi connectivity index (χ0) is 18.0. The van der Waals surface area contributed by atoms with Crippen LogP contribution in [0.4, 0.5) is 5.69 Å². The number of carbonyl (C=O) groups is 3. The molecule has 0 spiro atoms. The number of benzene rings is 1. The molecule has 134 valence electrons. The first kappa shape index (κ1) is 17.2. The SMILES string of the molecule is CC1Oc2ccccc2N(CCC(=O)N2CCOC(C(=O)O)C2)C1=O. The Bertz CT molecular complexity index is 691. The summed E-state index contributed by atoms with van der Waals surface area (Å²) >= 11 is 0. The highest BCUT2D eigenvalue weighted by atomic mass is 16.5. The van der Waals surface area contributed by atoms with Crippen molar-refractivity contribution in [2.45, 2.75) is 25.6 Å². The van der Waals surface area contributed by atoms with E-state index in [1.165, 1.54) is 4.90 Å². The Morgan fingerprint density at radius 2 is 2.08 bits per heavy atom. The van der Waals surface area contributed by atoms with Crippen molar-refractivity contribution < 1.29 is 29.0 Å². The number of carboxylic acid groups (broad SMARTS) is 1. The van der Waals surface area contributed by atoms with Crippen molar-refractivity contribution in [3.05, 3.63) is 24.3 Å². The van der Waals surface area contributed by atoms with Gasteiger partial charge >= 0.3 is 5.97 Å². The van der Waals surface area contributed by atoms with Crippen molar-refractivity contribution in [3.8, 4) is 5.75 Å². The minimum Gasteiger partial charge on any atom is -0.479 e. The Kier molecular flexibility index (Phi) is 4.89. The van der Waals surface area contributed by atoms with Crippen molar-refractivity contribution in [2.24, 2.45) is 0 Å². The van der Waals surface area contributed by atoms with Gasteiger partial charge in [0.05, 0.1) is 18.8 Å². The van der Waals surface area contributed by atoms with Gasteiger partial charge in [0.25, 0.3) is 5.91 Å². The van der Waals surface area contributed by atoms with E-state index in [9.17, 15) is 14.4 Å². The minimum absolute atomic E-state index is 0.0260. The maximum Gasteiger partial charge on any atom is 0.334 e. The third-order valence-electron chi connectivity index (χ3n) is 4.32. The number of fused-ring (bicyclic) bond motifs is 1. The van der Waals surface area contributed by atoms with Crippen LogP contribution in [0, 0.1) is 0 Å². The lowest BCUT2D eigenvalue weighted by Gasteiger charge is -2.34. The van der Waals surface area contributed by atoms with E-state index in [1.807, 2.05) is 6.07 Å². The molecule has 1 fully saturated rings. The number of ether oxygens (including phenoxy) is 2. The molecule has 2 atom stereocenters. The molecule has 3 rings (SSSR count). The summed E-state index contributed by atoms with van der Waals surface area (Å²) in [6.07, 6.45) is -1.49. The summed E-state index contributed by atoms with van der Waals surface area (Å²) in [5.41, 5.74) is 0.642. The monoisotopic (exact) mass is 348 g/mol. The molecule has 1 N–H and O–H groups in total. The second kappa shape index (κ2) is 7.10. The summed E-state index contributed by atoms with van der Waals surface area (Å²) < 4.78 is 10.7. The Hall–Kier alpha value is -2.61. The summed E-state index contributed by atoms with van der Waals surface area (Å²) in [5, 5.41) is 9.01. The smallest absolute Gasteiger partial charge is 0.334 e. The molecule has 1 aromatic carbocycles. The molecule has 1 saturated heterocycles. The standard InChI is InChI=1S/C17H20N2O6/c1-11-16(21)19(12-4-2-3-5-13(12)25-11)7-6-15(20)18-8-9-24-14(10-18)17(22)23/h2-5,11,14H,6-10H2,1H3,(H,22,23). The molecule has 8 nitrogen and oxygen atoms in total. The van der Waals surface area contributed by atoms with Gasteiger partial charge in [-0.15, -0.1) is 0 Å². The first-order valence-electron chi connectivity index (χ1n) is 8.16. The molecule has 2 unspecified atom stereocenters. The van der Waals surface area contributed by atoms with Crippen LogP contribution in [0.1, 0.15) is 13.3 Å². The zero-order valence-electron chi connectivity index (χ0n) is 13.9. The molecule has 0 saturated carbocycles. The van der Waals surface area contributed by atoms with E-state index in [2.05, 4.69) is 0 Å². The highest BCUT2D eigenvalue weighted by Gasteiger charge is 2.33. The maximum absolute atomic E-state index is 12.4. The van der Waals surface area contributed by atoms with Crippen LogP contribution in [0.2, 0.25) is 0 Å². The van der Waals surface area contributed by atoms with Crippen molar-refractivity contribution in [1.29, 1.82) is 0 Å². The predicted octanol–water partition coefficient (Wildman–Crippen LogP) is 0.503. The Morgan fingerprint density at radius 3 is 2.84 bits per heavy atom. The third kappa shape index (κ3) is 3.58. The number of nitrogens with zero attached hydrogens (tertiary/aromatic N) is 2. The minimum atomic E-state index is -1.08. The van der Waals surface area contributed by atoms with E-state index in [0.717, 1.165) is 0 Å². The number of hydrogen-bond acceptors (Lipinski definition) is 5. The van der Waals surface area contributed by atoms with Gasteiger partial charge in [0.1, 0.15) is 5.75 Å². The fourth-order valence-electron chi connectivity index (χ4n) is 2.98. The van der Waals surface area contributed by atoms with E-state index in [1.54, 1.807) is 30.0 Å². The van der Waals surface area contributed by atoms with Gasteiger partial charge in [-0.3, -0.25) is 9.59 Å². The molecule has 0 radical (unpaired) electrons. The van der Waals surface area contributed by atoms with E-state index in [-0.39, 0.29) is 37.9 Å². The number of para-hydroxylation sites is 2. The normalized spacial score (nSPS) is 23.0. The van der Waals surface area contributed by atoms with Gasteiger partial charge in [-0.05, 0) is 19.1 Å². The molecule has 25 heavy (non-hydrogen) atoms. The van der Waals surface area contributed by atoms with Gasteiger partial charge in [0.15, 0.2) is 12.2 Å². The first-order chi connectivity index (χ1) is 12.0. The fraction of sp³-hybridized carbons (Fsp3) is 0.471. The molecule has 2 aliphatic rings. The average molecular weight is 348 g/mol. The van der Waals surface area contributed by atoms with Crippen molar-refractivity contribution in [1.82, 2.24) is 4.90 Å². The van der Waals surface area contributed by atoms with Crippen LogP contribution in [0.15, 0.2) is 24.3 Å². The molecule has 1 aromatic rings. The van der Waals surface area contributed by atoms with Crippen LogP contribution >= 0.6 is 0 Å². The largest absolute Gasteiger partial charge is 0.479 e. The van der Waals surface area contributed by atoms with E-state index in [0.29, 0.717) is 18.0 Å². The van der Waals surface area contributed by atoms with Crippen LogP contribution in [0.3, 0.4) is 0 Å². The number of aliphatic carboxylic acids is 1. The second-order valence-electron chi connectivity index (χ2n) is 6.01. The van der Waals surface area contributed by atoms with Gasteiger partial charge in [0, 0.05) is 19.5 Å². The lowest BCUT2D eigenvalue weighted by atomic mass is 10.1. The Labute approximate surface area is 144 Å². The van der Waals surface area contributed by atoms with Crippen molar-refractivity contribution in [3.63, 3.8) is 0 Å². The summed E-state index contributed by atoms with van der Waals surface area (Å²) in [6, 6.07) is 7.19. The fourth-order valence-corrected chi connectivity index (χ4v) is 2.98. The Balaban J connectivity index is 1.65. The maximum atomic E-state index is 12.4. The van der Waals surface area contributed by atoms with Gasteiger partial charge in [0.2, 0.25) is 5.91 Å². The number of hydrogen-bond donors (Lipinski definition) is 1. The van der Waals surface area contributed by atoms with Crippen LogP contribution in [0.25, 0.3) is 0 Å². The lowest BCUT2D eigenvalue weighted by molar-refractivity contribution is -0.159. The molecule has 2 heterocycles. The number of amides is 2. The van der Waals surface area contributed by atoms with E-state index >= 15 is 0 Å². The number of carboxylic acids is 1. The number of rotatable bonds is 4. The third-order valence-corrected chi connectivity index (χ3v) is 4.32. The molecular formula is C17H20N2O6. The van der Waals surface area contributed by atoms with Crippen LogP contribution in [-0.4, -0.2) is 66.2 Å². The lowest BCUT2D eigenvalue weighted by Crippen LogP contribution is -2.50. The number of carbonyl (C=O) groups excluding carboxylic acids is 2. The predicted molar refractivity (Wildman–Crippen MR) is 87.5 cm³/mol. The van der Waals surface area contributed by atoms with Gasteiger partial charge in [-0.25, -0.2) is 4.79 Å². The van der Waals surface area contributed by atoms with Gasteiger partial charge in [-0.2, -0.15) is 0 Å². The summed E-state index contributed by atoms with van der Waals surface area (Å²) in [4.78, 5) is 38.9. The topological polar surface area (TPSA) is 96.4 Å². The second-order valence-corrected chi connectivity index (χ2v) is 6.01. The molecule has 0 aliphatic carbocycles. The van der Waals surface area contributed by atoms with Crippen molar-refractivity contribution >= 4 is 23.5 Å². The van der Waals surface area contributed by atoms with Gasteiger partial charge in [-0.1, -0.05) is 12.1 Å². The Morgan fingerprint density at radius 1 is 1.32 bits per heavy atom. The highest BCUT2D eigenvalue weighted by molar-refractivity contribution is 6.00. The van der Waals surface area contributed by atoms with Crippen LogP contribution < -0.4 is 9.64 Å². The van der Waals surface area contributed by atoms with E-state index in [4.69, 9.17) is 14.6 Å². The van der Waals surface area contributed by atoms with Crippen molar-refractivity contribution in [2.75, 3.05) is 31.1 Å². The summed E-state index contributed by atoms with van der Waals surface area (Å²) in [5.74, 6) is -0.862. The average Bonchev–Trinajstić information content (AvgIpc) is 2.62. The molecule has 0 aromatic heterocycles. The highest BCUT2D eigenvalue weighted by Crippen LogP contribution is 2.33. The number of anilines is 1. The van der Waals surface area contributed by atoms with Crippen LogP contribution in [-0.2, 0) is 19.1 Å². The zero-order valence-corrected chi connectivity index (χ0v) is 13.9. The van der Waals surface area contributed by atoms with Gasteiger partial charge < -0.3 is 24.4 Å². The number of morpholine rings is 1. The van der Waals surface area contributed by atoms with Crippen LogP contribution in [0.5, 0.6) is 5.75 Å². The molecule has 2 aliphatic heterocycles. The molecule has 8 heteroatoms. The molecule has 0 bridgehead atoms. The quantitative estimate of drug-likeness (QED) is 0.851. The summed E-state index contributed by atoms with van der Waals surface area (Å²) in [6.45, 7) is 2.47.